The molecular formula is C12H15ClN2O. The van der Waals surface area contributed by atoms with Crippen LogP contribution in [0.3, 0.4) is 0 Å². The number of aromatic nitrogens is 1. The maximum absolute atomic E-state index is 11.3. The number of rotatable bonds is 2. The molecule has 2 heterocycles. The second kappa shape index (κ2) is 4.15. The van der Waals surface area contributed by atoms with E-state index in [-0.39, 0.29) is 5.78 Å². The molecule has 4 heteroatoms. The van der Waals surface area contributed by atoms with Gasteiger partial charge in [0.25, 0.3) is 0 Å². The van der Waals surface area contributed by atoms with Crippen molar-refractivity contribution in [3.8, 4) is 0 Å². The normalized spacial score (nSPS) is 15.6. The fourth-order valence-electron chi connectivity index (χ4n) is 1.92. The molecule has 0 aromatic carbocycles. The third-order valence-corrected chi connectivity index (χ3v) is 3.27. The molecule has 0 saturated heterocycles. The smallest absolute Gasteiger partial charge is 0.162 e. The van der Waals surface area contributed by atoms with Crippen molar-refractivity contribution in [1.29, 1.82) is 0 Å². The molecule has 0 unspecified atom stereocenters. The van der Waals surface area contributed by atoms with E-state index in [1.54, 1.807) is 0 Å². The minimum atomic E-state index is -0.0247. The van der Waals surface area contributed by atoms with Crippen LogP contribution in [0.15, 0.2) is 6.07 Å². The van der Waals surface area contributed by atoms with Gasteiger partial charge in [0.15, 0.2) is 5.78 Å². The number of nitrogens with zero attached hydrogens (tertiary/aromatic N) is 2. The van der Waals surface area contributed by atoms with Gasteiger partial charge in [-0.1, -0.05) is 11.6 Å². The van der Waals surface area contributed by atoms with Gasteiger partial charge in [0, 0.05) is 19.1 Å². The van der Waals surface area contributed by atoms with E-state index < -0.39 is 0 Å². The number of fused-ring (bicyclic) bond motifs is 1. The molecule has 1 aromatic rings. The first-order valence-electron chi connectivity index (χ1n) is 5.42. The minimum Gasteiger partial charge on any atom is -0.294 e. The van der Waals surface area contributed by atoms with E-state index in [1.807, 2.05) is 6.07 Å². The molecule has 0 aliphatic carbocycles. The average molecular weight is 239 g/mol. The molecule has 0 bridgehead atoms. The maximum atomic E-state index is 11.3. The molecule has 86 valence electrons. The molecule has 1 aromatic heterocycles. The van der Waals surface area contributed by atoms with Crippen LogP contribution in [0.1, 0.15) is 42.4 Å². The Hall–Kier alpha value is -0.930. The lowest BCUT2D eigenvalue weighted by atomic mass is 10.1. The first-order valence-corrected chi connectivity index (χ1v) is 5.80. The van der Waals surface area contributed by atoms with Gasteiger partial charge in [-0.3, -0.25) is 9.69 Å². The molecule has 3 nitrogen and oxygen atoms in total. The summed E-state index contributed by atoms with van der Waals surface area (Å²) >= 11 is 5.98. The van der Waals surface area contributed by atoms with E-state index in [9.17, 15) is 4.79 Å². The number of hydrogen-bond donors (Lipinski definition) is 0. The molecule has 0 spiro atoms. The Morgan fingerprint density at radius 1 is 1.50 bits per heavy atom. The van der Waals surface area contributed by atoms with Crippen molar-refractivity contribution >= 4 is 17.4 Å². The Balaban J connectivity index is 2.37. The van der Waals surface area contributed by atoms with Crippen molar-refractivity contribution in [2.24, 2.45) is 0 Å². The highest BCUT2D eigenvalue weighted by Gasteiger charge is 2.24. The average Bonchev–Trinajstić information content (AvgIpc) is 2.58. The lowest BCUT2D eigenvalue weighted by molar-refractivity contribution is 0.101. The molecule has 0 N–H and O–H groups in total. The number of ketones is 1. The topological polar surface area (TPSA) is 33.2 Å². The molecule has 2 rings (SSSR count). The van der Waals surface area contributed by atoms with Gasteiger partial charge in [-0.05, 0) is 32.4 Å². The van der Waals surface area contributed by atoms with Crippen LogP contribution in [0.25, 0.3) is 0 Å². The second-order valence-corrected chi connectivity index (χ2v) is 4.85. The van der Waals surface area contributed by atoms with Crippen LogP contribution in [0.5, 0.6) is 0 Å². The molecule has 0 fully saturated rings. The predicted octanol–water partition coefficient (Wildman–Crippen LogP) is 2.66. The summed E-state index contributed by atoms with van der Waals surface area (Å²) in [7, 11) is 0. The van der Waals surface area contributed by atoms with Gasteiger partial charge in [0.1, 0.15) is 5.15 Å². The summed E-state index contributed by atoms with van der Waals surface area (Å²) in [4.78, 5) is 18.0. The molecule has 0 saturated carbocycles. The first-order chi connectivity index (χ1) is 7.49. The SMILES string of the molecule is CC(=O)c1cc2c(nc1Cl)CN(C(C)C)C2. The first kappa shape index (κ1) is 11.6. The number of halogens is 1. The Bertz CT molecular complexity index is 443. The number of carbonyl (C=O) groups excluding carboxylic acids is 1. The molecule has 16 heavy (non-hydrogen) atoms. The summed E-state index contributed by atoms with van der Waals surface area (Å²) in [6, 6.07) is 2.36. The second-order valence-electron chi connectivity index (χ2n) is 4.49. The third-order valence-electron chi connectivity index (χ3n) is 2.98. The van der Waals surface area contributed by atoms with Crippen molar-refractivity contribution in [2.75, 3.05) is 0 Å². The van der Waals surface area contributed by atoms with Crippen molar-refractivity contribution in [3.05, 3.63) is 28.0 Å². The summed E-state index contributed by atoms with van der Waals surface area (Å²) in [6.07, 6.45) is 0. The Morgan fingerprint density at radius 2 is 2.19 bits per heavy atom. The lowest BCUT2D eigenvalue weighted by Gasteiger charge is -2.18. The Morgan fingerprint density at radius 3 is 2.75 bits per heavy atom. The van der Waals surface area contributed by atoms with E-state index in [4.69, 9.17) is 11.6 Å². The van der Waals surface area contributed by atoms with Gasteiger partial charge in [0.05, 0.1) is 11.3 Å². The molecule has 0 amide bonds. The highest BCUT2D eigenvalue weighted by molar-refractivity contribution is 6.32. The van der Waals surface area contributed by atoms with Crippen molar-refractivity contribution in [1.82, 2.24) is 9.88 Å². The van der Waals surface area contributed by atoms with Crippen LogP contribution in [0.2, 0.25) is 5.15 Å². The zero-order valence-electron chi connectivity index (χ0n) is 9.75. The van der Waals surface area contributed by atoms with Crippen LogP contribution >= 0.6 is 11.6 Å². The maximum Gasteiger partial charge on any atom is 0.162 e. The summed E-state index contributed by atoms with van der Waals surface area (Å²) in [5.74, 6) is -0.0247. The highest BCUT2D eigenvalue weighted by atomic mass is 35.5. The van der Waals surface area contributed by atoms with Crippen LogP contribution in [-0.4, -0.2) is 21.7 Å². The van der Waals surface area contributed by atoms with Gasteiger partial charge in [-0.15, -0.1) is 0 Å². The summed E-state index contributed by atoms with van der Waals surface area (Å²) in [6.45, 7) is 7.51. The van der Waals surface area contributed by atoms with Crippen molar-refractivity contribution in [3.63, 3.8) is 0 Å². The van der Waals surface area contributed by atoms with Crippen LogP contribution in [0, 0.1) is 0 Å². The van der Waals surface area contributed by atoms with Gasteiger partial charge in [-0.2, -0.15) is 0 Å². The van der Waals surface area contributed by atoms with E-state index in [0.29, 0.717) is 16.8 Å². The fraction of sp³-hybridized carbons (Fsp3) is 0.500. The summed E-state index contributed by atoms with van der Waals surface area (Å²) in [5.41, 5.74) is 2.66. The molecule has 1 aliphatic rings. The largest absolute Gasteiger partial charge is 0.294 e. The Kier molecular flexibility index (Phi) is 3.00. The lowest BCUT2D eigenvalue weighted by Crippen LogP contribution is -2.24. The van der Waals surface area contributed by atoms with Crippen LogP contribution in [0.4, 0.5) is 0 Å². The molecule has 0 radical (unpaired) electrons. The molecule has 0 atom stereocenters. The number of carbonyl (C=O) groups is 1. The standard InChI is InChI=1S/C12H15ClN2O/c1-7(2)15-5-9-4-10(8(3)16)12(13)14-11(9)6-15/h4,7H,5-6H2,1-3H3. The van der Waals surface area contributed by atoms with Gasteiger partial charge >= 0.3 is 0 Å². The van der Waals surface area contributed by atoms with E-state index in [0.717, 1.165) is 24.3 Å². The monoisotopic (exact) mass is 238 g/mol. The number of Topliss-reactive ketones (excluding diaryl/α,β-unsaturated/α-hetero) is 1. The summed E-state index contributed by atoms with van der Waals surface area (Å²) in [5, 5.41) is 0.330. The number of pyridine rings is 1. The number of hydrogen-bond acceptors (Lipinski definition) is 3. The van der Waals surface area contributed by atoms with Crippen LogP contribution < -0.4 is 0 Å². The quantitative estimate of drug-likeness (QED) is 0.587. The zero-order valence-corrected chi connectivity index (χ0v) is 10.5. The highest BCUT2D eigenvalue weighted by Crippen LogP contribution is 2.27. The van der Waals surface area contributed by atoms with Gasteiger partial charge < -0.3 is 0 Å². The molecule has 1 aliphatic heterocycles. The Labute approximate surface area is 100 Å². The summed E-state index contributed by atoms with van der Waals surface area (Å²) < 4.78 is 0. The van der Waals surface area contributed by atoms with Crippen molar-refractivity contribution < 1.29 is 4.79 Å². The van der Waals surface area contributed by atoms with Gasteiger partial charge in [0.2, 0.25) is 0 Å². The minimum absolute atomic E-state index is 0.0247. The fourth-order valence-corrected chi connectivity index (χ4v) is 2.21. The van der Waals surface area contributed by atoms with Crippen molar-refractivity contribution in [2.45, 2.75) is 39.9 Å². The third kappa shape index (κ3) is 1.97. The van der Waals surface area contributed by atoms with Gasteiger partial charge in [-0.25, -0.2) is 4.98 Å². The van der Waals surface area contributed by atoms with Crippen LogP contribution in [-0.2, 0) is 13.1 Å². The molecular weight excluding hydrogens is 224 g/mol. The predicted molar refractivity (Wildman–Crippen MR) is 63.6 cm³/mol. The van der Waals surface area contributed by atoms with E-state index in [1.165, 1.54) is 6.92 Å². The van der Waals surface area contributed by atoms with E-state index in [2.05, 4.69) is 23.7 Å². The zero-order chi connectivity index (χ0) is 11.9. The van der Waals surface area contributed by atoms with E-state index >= 15 is 0 Å².